The van der Waals surface area contributed by atoms with E-state index in [0.717, 1.165) is 13.0 Å². The number of para-hydroxylation sites is 1. The first-order valence-electron chi connectivity index (χ1n) is 6.38. The monoisotopic (exact) mass is 248 g/mol. The predicted octanol–water partition coefficient (Wildman–Crippen LogP) is 1.56. The summed E-state index contributed by atoms with van der Waals surface area (Å²) in [5.74, 6) is -0.0464. The van der Waals surface area contributed by atoms with Crippen LogP contribution in [-0.2, 0) is 16.0 Å². The number of carbonyl (C=O) groups excluding carboxylic acids is 1. The molecule has 0 aliphatic carbocycles. The fourth-order valence-corrected chi connectivity index (χ4v) is 2.06. The summed E-state index contributed by atoms with van der Waals surface area (Å²) >= 11 is 0. The maximum absolute atomic E-state index is 11.7. The Labute approximate surface area is 108 Å². The fraction of sp³-hybridized carbons (Fsp3) is 0.500. The molecule has 1 unspecified atom stereocenters. The Bertz CT molecular complexity index is 418. The number of hydrogen-bond donors (Lipinski definition) is 2. The first-order chi connectivity index (χ1) is 8.65. The van der Waals surface area contributed by atoms with Crippen molar-refractivity contribution >= 4 is 11.6 Å². The van der Waals surface area contributed by atoms with E-state index in [-0.39, 0.29) is 24.7 Å². The summed E-state index contributed by atoms with van der Waals surface area (Å²) < 4.78 is 5.28. The van der Waals surface area contributed by atoms with Crippen molar-refractivity contribution < 1.29 is 9.53 Å². The smallest absolute Gasteiger partial charge is 0.246 e. The molecule has 1 atom stereocenters. The minimum Gasteiger partial charge on any atom is -0.383 e. The van der Waals surface area contributed by atoms with Crippen LogP contribution in [0, 0.1) is 0 Å². The molecule has 0 radical (unpaired) electrons. The molecule has 4 heteroatoms. The Morgan fingerprint density at radius 3 is 3.06 bits per heavy atom. The molecule has 18 heavy (non-hydrogen) atoms. The van der Waals surface area contributed by atoms with Gasteiger partial charge in [-0.2, -0.15) is 0 Å². The zero-order valence-corrected chi connectivity index (χ0v) is 10.9. The summed E-state index contributed by atoms with van der Waals surface area (Å²) in [5, 5.41) is 6.32. The lowest BCUT2D eigenvalue weighted by Gasteiger charge is -2.27. The Balaban J connectivity index is 1.84. The standard InChI is InChI=1S/C14H20N2O2/c1-10(2)18-9-14(17)16-12-7-11-5-3-4-6-13(11)15-8-12/h3-6,10,12,15H,7-9H2,1-2H3,(H,16,17). The molecule has 1 aliphatic heterocycles. The van der Waals surface area contributed by atoms with Crippen LogP contribution < -0.4 is 10.6 Å². The molecule has 2 rings (SSSR count). The summed E-state index contributed by atoms with van der Waals surface area (Å²) in [6, 6.07) is 8.33. The number of carbonyl (C=O) groups is 1. The molecule has 1 aliphatic rings. The van der Waals surface area contributed by atoms with Crippen molar-refractivity contribution in [3.05, 3.63) is 29.8 Å². The maximum atomic E-state index is 11.7. The van der Waals surface area contributed by atoms with Crippen molar-refractivity contribution in [2.75, 3.05) is 18.5 Å². The number of anilines is 1. The minimum atomic E-state index is -0.0464. The average molecular weight is 248 g/mol. The normalized spacial score (nSPS) is 18.1. The summed E-state index contributed by atoms with van der Waals surface area (Å²) in [5.41, 5.74) is 2.42. The maximum Gasteiger partial charge on any atom is 0.246 e. The largest absolute Gasteiger partial charge is 0.383 e. The second-order valence-electron chi connectivity index (χ2n) is 4.87. The Morgan fingerprint density at radius 2 is 2.28 bits per heavy atom. The van der Waals surface area contributed by atoms with Crippen molar-refractivity contribution in [1.29, 1.82) is 0 Å². The van der Waals surface area contributed by atoms with Gasteiger partial charge in [-0.15, -0.1) is 0 Å². The lowest BCUT2D eigenvalue weighted by atomic mass is 10.00. The minimum absolute atomic E-state index is 0.0464. The van der Waals surface area contributed by atoms with Crippen LogP contribution in [0.1, 0.15) is 19.4 Å². The van der Waals surface area contributed by atoms with E-state index in [9.17, 15) is 4.79 Å². The number of fused-ring (bicyclic) bond motifs is 1. The summed E-state index contributed by atoms with van der Waals surface area (Å²) in [4.78, 5) is 11.7. The first kappa shape index (κ1) is 12.9. The lowest BCUT2D eigenvalue weighted by Crippen LogP contribution is -2.45. The predicted molar refractivity (Wildman–Crippen MR) is 71.7 cm³/mol. The van der Waals surface area contributed by atoms with Crippen molar-refractivity contribution in [3.8, 4) is 0 Å². The highest BCUT2D eigenvalue weighted by Crippen LogP contribution is 2.20. The molecule has 4 nitrogen and oxygen atoms in total. The Kier molecular flexibility index (Phi) is 4.20. The zero-order valence-electron chi connectivity index (χ0n) is 10.9. The van der Waals surface area contributed by atoms with E-state index in [1.54, 1.807) is 0 Å². The van der Waals surface area contributed by atoms with Gasteiger partial charge in [0.15, 0.2) is 0 Å². The van der Waals surface area contributed by atoms with Gasteiger partial charge in [-0.25, -0.2) is 0 Å². The van der Waals surface area contributed by atoms with Gasteiger partial charge in [0.1, 0.15) is 6.61 Å². The van der Waals surface area contributed by atoms with E-state index in [4.69, 9.17) is 4.74 Å². The van der Waals surface area contributed by atoms with Gasteiger partial charge in [-0.1, -0.05) is 18.2 Å². The molecule has 0 saturated heterocycles. The number of nitrogens with one attached hydrogen (secondary N) is 2. The van der Waals surface area contributed by atoms with E-state index in [2.05, 4.69) is 22.8 Å². The molecule has 0 spiro atoms. The summed E-state index contributed by atoms with van der Waals surface area (Å²) in [6.45, 7) is 4.75. The van der Waals surface area contributed by atoms with Crippen LogP contribution in [0.3, 0.4) is 0 Å². The molecule has 0 saturated carbocycles. The number of amides is 1. The SMILES string of the molecule is CC(C)OCC(=O)NC1CNc2ccccc2C1. The quantitative estimate of drug-likeness (QED) is 0.850. The van der Waals surface area contributed by atoms with Crippen LogP contribution in [-0.4, -0.2) is 31.2 Å². The highest BCUT2D eigenvalue weighted by atomic mass is 16.5. The molecule has 1 aromatic rings. The lowest BCUT2D eigenvalue weighted by molar-refractivity contribution is -0.127. The number of rotatable bonds is 4. The number of hydrogen-bond acceptors (Lipinski definition) is 3. The molecular formula is C14H20N2O2. The second-order valence-corrected chi connectivity index (χ2v) is 4.87. The van der Waals surface area contributed by atoms with Gasteiger partial charge >= 0.3 is 0 Å². The highest BCUT2D eigenvalue weighted by Gasteiger charge is 2.19. The molecule has 1 heterocycles. The van der Waals surface area contributed by atoms with Gasteiger partial charge in [0.2, 0.25) is 5.91 Å². The van der Waals surface area contributed by atoms with Crippen LogP contribution in [0.15, 0.2) is 24.3 Å². The van der Waals surface area contributed by atoms with Gasteiger partial charge < -0.3 is 15.4 Å². The van der Waals surface area contributed by atoms with E-state index in [0.29, 0.717) is 0 Å². The van der Waals surface area contributed by atoms with Crippen LogP contribution in [0.5, 0.6) is 0 Å². The van der Waals surface area contributed by atoms with E-state index in [1.165, 1.54) is 11.3 Å². The molecule has 2 N–H and O–H groups in total. The molecule has 0 bridgehead atoms. The number of ether oxygens (including phenoxy) is 1. The van der Waals surface area contributed by atoms with Gasteiger partial charge in [0.05, 0.1) is 12.1 Å². The van der Waals surface area contributed by atoms with Crippen LogP contribution in [0.4, 0.5) is 5.69 Å². The van der Waals surface area contributed by atoms with Gasteiger partial charge in [0.25, 0.3) is 0 Å². The summed E-state index contributed by atoms with van der Waals surface area (Å²) in [7, 11) is 0. The third kappa shape index (κ3) is 3.47. The second kappa shape index (κ2) is 5.87. The molecule has 1 aromatic carbocycles. The van der Waals surface area contributed by atoms with Gasteiger partial charge in [-0.3, -0.25) is 4.79 Å². The van der Waals surface area contributed by atoms with Crippen LogP contribution in [0.25, 0.3) is 0 Å². The molecule has 98 valence electrons. The molecule has 1 amide bonds. The highest BCUT2D eigenvalue weighted by molar-refractivity contribution is 5.77. The third-order valence-electron chi connectivity index (χ3n) is 2.94. The third-order valence-corrected chi connectivity index (χ3v) is 2.94. The topological polar surface area (TPSA) is 50.4 Å². The summed E-state index contributed by atoms with van der Waals surface area (Å²) in [6.07, 6.45) is 0.956. The first-order valence-corrected chi connectivity index (χ1v) is 6.38. The molecule has 0 aromatic heterocycles. The van der Waals surface area contributed by atoms with Crippen molar-refractivity contribution in [2.45, 2.75) is 32.4 Å². The van der Waals surface area contributed by atoms with Crippen LogP contribution >= 0.6 is 0 Å². The number of benzene rings is 1. The molecule has 0 fully saturated rings. The van der Waals surface area contributed by atoms with Crippen molar-refractivity contribution in [2.24, 2.45) is 0 Å². The van der Waals surface area contributed by atoms with Gasteiger partial charge in [-0.05, 0) is 31.9 Å². The van der Waals surface area contributed by atoms with Crippen molar-refractivity contribution in [1.82, 2.24) is 5.32 Å². The average Bonchev–Trinajstić information content (AvgIpc) is 2.36. The van der Waals surface area contributed by atoms with E-state index >= 15 is 0 Å². The Morgan fingerprint density at radius 1 is 1.50 bits per heavy atom. The Hall–Kier alpha value is -1.55. The van der Waals surface area contributed by atoms with E-state index < -0.39 is 0 Å². The van der Waals surface area contributed by atoms with Crippen LogP contribution in [0.2, 0.25) is 0 Å². The van der Waals surface area contributed by atoms with Crippen molar-refractivity contribution in [3.63, 3.8) is 0 Å². The zero-order chi connectivity index (χ0) is 13.0. The molecular weight excluding hydrogens is 228 g/mol. The van der Waals surface area contributed by atoms with E-state index in [1.807, 2.05) is 26.0 Å². The fourth-order valence-electron chi connectivity index (χ4n) is 2.06. The van der Waals surface area contributed by atoms with Gasteiger partial charge in [0, 0.05) is 12.2 Å².